The molecule has 0 aromatic carbocycles. The van der Waals surface area contributed by atoms with Gasteiger partial charge < -0.3 is 10.3 Å². The minimum absolute atomic E-state index is 0. The fraction of sp³-hybridized carbons (Fsp3) is 0.562. The van der Waals surface area contributed by atoms with E-state index in [9.17, 15) is 9.59 Å². The third-order valence-corrected chi connectivity index (χ3v) is 4.22. The minimum atomic E-state index is -0.509. The molecule has 0 aliphatic carbocycles. The first-order valence-electron chi connectivity index (χ1n) is 7.74. The Morgan fingerprint density at radius 1 is 1.30 bits per heavy atom. The van der Waals surface area contributed by atoms with E-state index in [4.69, 9.17) is 0 Å². The lowest BCUT2D eigenvalue weighted by Crippen LogP contribution is -2.28. The van der Waals surface area contributed by atoms with Gasteiger partial charge in [0.05, 0.1) is 17.5 Å². The van der Waals surface area contributed by atoms with Crippen molar-refractivity contribution in [1.29, 1.82) is 0 Å². The van der Waals surface area contributed by atoms with Gasteiger partial charge in [0.25, 0.3) is 5.56 Å². The number of aromatic nitrogens is 3. The Morgan fingerprint density at radius 2 is 1.96 bits per heavy atom. The molecule has 1 saturated heterocycles. The number of Topliss-reactive ketones (excluding diaryl/α,β-unsaturated/α-hetero) is 1. The lowest BCUT2D eigenvalue weighted by atomic mass is 9.87. The molecule has 0 radical (unpaired) electrons. The molecule has 126 valence electrons. The molecule has 0 spiro atoms. The van der Waals surface area contributed by atoms with Gasteiger partial charge in [0.1, 0.15) is 5.65 Å². The van der Waals surface area contributed by atoms with Crippen molar-refractivity contribution in [2.75, 3.05) is 13.1 Å². The molecule has 0 unspecified atom stereocenters. The van der Waals surface area contributed by atoms with Crippen LogP contribution in [0.3, 0.4) is 0 Å². The van der Waals surface area contributed by atoms with Gasteiger partial charge in [-0.25, -0.2) is 4.52 Å². The molecule has 0 saturated carbocycles. The normalized spacial score (nSPS) is 16.3. The number of rotatable bonds is 2. The molecule has 2 aromatic heterocycles. The average Bonchev–Trinajstić information content (AvgIpc) is 2.89. The van der Waals surface area contributed by atoms with Gasteiger partial charge in [0.2, 0.25) is 0 Å². The molecule has 1 fully saturated rings. The first-order valence-corrected chi connectivity index (χ1v) is 7.74. The van der Waals surface area contributed by atoms with E-state index >= 15 is 0 Å². The zero-order chi connectivity index (χ0) is 15.9. The number of carbonyl (C=O) groups is 1. The van der Waals surface area contributed by atoms with Gasteiger partial charge in [-0.15, -0.1) is 12.4 Å². The number of carbonyl (C=O) groups excluding carboxylic acids is 1. The van der Waals surface area contributed by atoms with E-state index in [0.717, 1.165) is 31.6 Å². The number of nitrogens with one attached hydrogen (secondary N) is 2. The lowest BCUT2D eigenvalue weighted by Gasteiger charge is -2.23. The number of H-pyrrole nitrogens is 1. The Kier molecular flexibility index (Phi) is 4.96. The van der Waals surface area contributed by atoms with Crippen LogP contribution in [0.15, 0.2) is 17.1 Å². The van der Waals surface area contributed by atoms with Crippen LogP contribution in [0, 0.1) is 5.41 Å². The summed E-state index contributed by atoms with van der Waals surface area (Å²) in [6, 6.07) is 1.61. The second-order valence-corrected chi connectivity index (χ2v) is 6.98. The van der Waals surface area contributed by atoms with Gasteiger partial charge in [-0.1, -0.05) is 20.8 Å². The van der Waals surface area contributed by atoms with Crippen LogP contribution in [-0.4, -0.2) is 33.5 Å². The molecule has 3 rings (SSSR count). The van der Waals surface area contributed by atoms with Crippen molar-refractivity contribution in [1.82, 2.24) is 19.9 Å². The van der Waals surface area contributed by atoms with E-state index in [2.05, 4.69) is 15.4 Å². The zero-order valence-corrected chi connectivity index (χ0v) is 14.5. The summed E-state index contributed by atoms with van der Waals surface area (Å²) in [6.45, 7) is 7.48. The summed E-state index contributed by atoms with van der Waals surface area (Å²) < 4.78 is 1.73. The molecule has 6 nitrogen and oxygen atoms in total. The number of halogens is 1. The fourth-order valence-electron chi connectivity index (χ4n) is 2.99. The summed E-state index contributed by atoms with van der Waals surface area (Å²) in [5.41, 5.74) is 1.21. The second kappa shape index (κ2) is 6.45. The molecule has 0 amide bonds. The number of aromatic amines is 1. The lowest BCUT2D eigenvalue weighted by molar-refractivity contribution is 0.0860. The van der Waals surface area contributed by atoms with Gasteiger partial charge >= 0.3 is 0 Å². The first kappa shape index (κ1) is 17.7. The van der Waals surface area contributed by atoms with Crippen LogP contribution in [0.5, 0.6) is 0 Å². The van der Waals surface area contributed by atoms with Crippen molar-refractivity contribution in [2.45, 2.75) is 39.5 Å². The number of fused-ring (bicyclic) bond motifs is 1. The van der Waals surface area contributed by atoms with Crippen LogP contribution in [-0.2, 0) is 0 Å². The number of ketones is 1. The molecule has 23 heavy (non-hydrogen) atoms. The Bertz CT molecular complexity index is 766. The smallest absolute Gasteiger partial charge is 0.251 e. The van der Waals surface area contributed by atoms with Crippen LogP contribution in [0.1, 0.15) is 55.6 Å². The SMILES string of the molecule is CC(C)(C)C(=O)c1cnn2c(C3CCNCC3)cc(=O)[nH]c12.Cl. The second-order valence-electron chi connectivity index (χ2n) is 6.98. The summed E-state index contributed by atoms with van der Waals surface area (Å²) in [5, 5.41) is 7.70. The molecular weight excluding hydrogens is 316 g/mol. The number of hydrogen-bond acceptors (Lipinski definition) is 4. The van der Waals surface area contributed by atoms with Crippen LogP contribution >= 0.6 is 12.4 Å². The Hall–Kier alpha value is -1.66. The van der Waals surface area contributed by atoms with Gasteiger partial charge in [-0.2, -0.15) is 5.10 Å². The standard InChI is InChI=1S/C16H22N4O2.ClH/c1-16(2,3)14(22)11-9-18-20-12(8-13(21)19-15(11)20)10-4-6-17-7-5-10;/h8-10,17H,4-7H2,1-3H3,(H,19,21);1H. The van der Waals surface area contributed by atoms with Gasteiger partial charge in [-0.3, -0.25) is 9.59 Å². The van der Waals surface area contributed by atoms with E-state index in [-0.39, 0.29) is 23.7 Å². The quantitative estimate of drug-likeness (QED) is 0.822. The number of piperidine rings is 1. The van der Waals surface area contributed by atoms with Crippen molar-refractivity contribution in [3.63, 3.8) is 0 Å². The van der Waals surface area contributed by atoms with Crippen molar-refractivity contribution >= 4 is 23.8 Å². The molecule has 0 bridgehead atoms. The van der Waals surface area contributed by atoms with E-state index in [1.807, 2.05) is 20.8 Å². The first-order chi connectivity index (χ1) is 10.4. The molecule has 1 aliphatic heterocycles. The Balaban J connectivity index is 0.00000192. The molecule has 0 atom stereocenters. The average molecular weight is 339 g/mol. The highest BCUT2D eigenvalue weighted by atomic mass is 35.5. The third kappa shape index (κ3) is 3.33. The predicted octanol–water partition coefficient (Wildman–Crippen LogP) is 2.14. The van der Waals surface area contributed by atoms with Crippen LogP contribution in [0.25, 0.3) is 5.65 Å². The summed E-state index contributed by atoms with van der Waals surface area (Å²) in [7, 11) is 0. The van der Waals surface area contributed by atoms with Crippen LogP contribution < -0.4 is 10.9 Å². The highest BCUT2D eigenvalue weighted by molar-refractivity contribution is 6.04. The highest BCUT2D eigenvalue weighted by Gasteiger charge is 2.28. The molecule has 1 aliphatic rings. The molecular formula is C16H23ClN4O2. The Labute approximate surface area is 141 Å². The van der Waals surface area contributed by atoms with Crippen molar-refractivity contribution in [3.05, 3.63) is 33.9 Å². The molecule has 2 aromatic rings. The summed E-state index contributed by atoms with van der Waals surface area (Å²) in [5.74, 6) is 0.282. The number of hydrogen-bond donors (Lipinski definition) is 2. The van der Waals surface area contributed by atoms with Gasteiger partial charge in [-0.05, 0) is 25.9 Å². The highest BCUT2D eigenvalue weighted by Crippen LogP contribution is 2.27. The van der Waals surface area contributed by atoms with Crippen molar-refractivity contribution in [2.24, 2.45) is 5.41 Å². The zero-order valence-electron chi connectivity index (χ0n) is 13.7. The molecule has 2 N–H and O–H groups in total. The van der Waals surface area contributed by atoms with E-state index in [1.54, 1.807) is 16.8 Å². The van der Waals surface area contributed by atoms with Gasteiger partial charge in [0.15, 0.2) is 5.78 Å². The summed E-state index contributed by atoms with van der Waals surface area (Å²) in [6.07, 6.45) is 3.52. The van der Waals surface area contributed by atoms with Crippen molar-refractivity contribution < 1.29 is 4.79 Å². The fourth-order valence-corrected chi connectivity index (χ4v) is 2.99. The predicted molar refractivity (Wildman–Crippen MR) is 91.7 cm³/mol. The van der Waals surface area contributed by atoms with Gasteiger partial charge in [0, 0.05) is 17.4 Å². The maximum atomic E-state index is 12.6. The molecule has 7 heteroatoms. The van der Waals surface area contributed by atoms with Crippen molar-refractivity contribution in [3.8, 4) is 0 Å². The van der Waals surface area contributed by atoms with E-state index in [0.29, 0.717) is 17.1 Å². The summed E-state index contributed by atoms with van der Waals surface area (Å²) >= 11 is 0. The number of nitrogens with zero attached hydrogens (tertiary/aromatic N) is 2. The van der Waals surface area contributed by atoms with E-state index in [1.165, 1.54) is 0 Å². The van der Waals surface area contributed by atoms with E-state index < -0.39 is 5.41 Å². The maximum absolute atomic E-state index is 12.6. The van der Waals surface area contributed by atoms with Crippen LogP contribution in [0.4, 0.5) is 0 Å². The Morgan fingerprint density at radius 3 is 2.57 bits per heavy atom. The van der Waals surface area contributed by atoms with Crippen LogP contribution in [0.2, 0.25) is 0 Å². The monoisotopic (exact) mass is 338 g/mol. The third-order valence-electron chi connectivity index (χ3n) is 4.22. The largest absolute Gasteiger partial charge is 0.317 e. The molecule has 3 heterocycles. The summed E-state index contributed by atoms with van der Waals surface area (Å²) in [4.78, 5) is 27.4. The topological polar surface area (TPSA) is 79.3 Å². The maximum Gasteiger partial charge on any atom is 0.251 e. The minimum Gasteiger partial charge on any atom is -0.317 e.